The molecular weight excluding hydrogens is 424 g/mol. The van der Waals surface area contributed by atoms with E-state index >= 15 is 0 Å². The summed E-state index contributed by atoms with van der Waals surface area (Å²) < 4.78 is 13.0. The predicted octanol–water partition coefficient (Wildman–Crippen LogP) is 6.33. The third kappa shape index (κ3) is 5.48. The second kappa shape index (κ2) is 11.0. The van der Waals surface area contributed by atoms with E-state index in [4.69, 9.17) is 14.5 Å². The molecule has 176 valence electrons. The van der Waals surface area contributed by atoms with Crippen LogP contribution in [-0.2, 0) is 6.54 Å². The fraction of sp³-hybridized carbons (Fsp3) is 0.310. The molecule has 34 heavy (non-hydrogen) atoms. The van der Waals surface area contributed by atoms with Gasteiger partial charge in [0.15, 0.2) is 0 Å². The van der Waals surface area contributed by atoms with E-state index in [1.54, 1.807) is 7.11 Å². The van der Waals surface area contributed by atoms with Gasteiger partial charge in [0.1, 0.15) is 17.3 Å². The van der Waals surface area contributed by atoms with Gasteiger partial charge in [0.25, 0.3) is 5.56 Å². The van der Waals surface area contributed by atoms with Crippen LogP contribution in [0.15, 0.2) is 71.5 Å². The minimum Gasteiger partial charge on any atom is -0.497 e. The van der Waals surface area contributed by atoms with Crippen LogP contribution in [0.3, 0.4) is 0 Å². The van der Waals surface area contributed by atoms with E-state index in [2.05, 4.69) is 26.0 Å². The molecule has 3 aromatic carbocycles. The van der Waals surface area contributed by atoms with Crippen molar-refractivity contribution in [3.05, 3.63) is 88.2 Å². The number of ether oxygens (including phenoxy) is 2. The molecule has 0 N–H and O–H groups in total. The molecule has 4 aromatic rings. The lowest BCUT2D eigenvalue weighted by Crippen LogP contribution is -2.23. The third-order valence-corrected chi connectivity index (χ3v) is 6.23. The van der Waals surface area contributed by atoms with Gasteiger partial charge in [0.2, 0.25) is 0 Å². The molecule has 0 aliphatic carbocycles. The van der Waals surface area contributed by atoms with Gasteiger partial charge < -0.3 is 9.47 Å². The molecular formula is C29H32N2O3. The summed E-state index contributed by atoms with van der Waals surface area (Å²) in [6.45, 7) is 5.55. The van der Waals surface area contributed by atoms with Crippen molar-refractivity contribution in [3.8, 4) is 22.9 Å². The van der Waals surface area contributed by atoms with Gasteiger partial charge >= 0.3 is 0 Å². The second-order valence-corrected chi connectivity index (χ2v) is 8.65. The van der Waals surface area contributed by atoms with Crippen molar-refractivity contribution in [1.82, 2.24) is 9.55 Å². The van der Waals surface area contributed by atoms with Crippen molar-refractivity contribution in [3.63, 3.8) is 0 Å². The zero-order valence-electron chi connectivity index (χ0n) is 20.2. The fourth-order valence-corrected chi connectivity index (χ4v) is 4.06. The lowest BCUT2D eigenvalue weighted by Gasteiger charge is -2.14. The lowest BCUT2D eigenvalue weighted by molar-refractivity contribution is 0.304. The van der Waals surface area contributed by atoms with Crippen molar-refractivity contribution in [2.45, 2.75) is 46.1 Å². The summed E-state index contributed by atoms with van der Waals surface area (Å²) in [4.78, 5) is 18.1. The molecule has 0 unspecified atom stereocenters. The van der Waals surface area contributed by atoms with Crippen LogP contribution in [0, 0.1) is 13.8 Å². The normalized spacial score (nSPS) is 11.0. The monoisotopic (exact) mass is 456 g/mol. The van der Waals surface area contributed by atoms with E-state index in [-0.39, 0.29) is 5.56 Å². The number of aryl methyl sites for hydroxylation is 2. The number of aromatic nitrogens is 2. The molecule has 0 saturated heterocycles. The summed E-state index contributed by atoms with van der Waals surface area (Å²) in [5.74, 6) is 2.41. The molecule has 0 aliphatic rings. The molecule has 1 aromatic heterocycles. The Labute approximate surface area is 201 Å². The highest BCUT2D eigenvalue weighted by atomic mass is 16.5. The quantitative estimate of drug-likeness (QED) is 0.262. The van der Waals surface area contributed by atoms with E-state index in [0.29, 0.717) is 24.4 Å². The number of methoxy groups -OCH3 is 1. The number of nitrogens with zero attached hydrogens (tertiary/aromatic N) is 2. The number of rotatable bonds is 10. The highest BCUT2D eigenvalue weighted by Gasteiger charge is 2.12. The van der Waals surface area contributed by atoms with E-state index in [0.717, 1.165) is 48.3 Å². The van der Waals surface area contributed by atoms with Crippen molar-refractivity contribution in [2.24, 2.45) is 0 Å². The zero-order valence-corrected chi connectivity index (χ0v) is 20.2. The average molecular weight is 457 g/mol. The highest BCUT2D eigenvalue weighted by molar-refractivity contribution is 5.79. The summed E-state index contributed by atoms with van der Waals surface area (Å²) >= 11 is 0. The smallest absolute Gasteiger partial charge is 0.261 e. The first kappa shape index (κ1) is 23.6. The molecule has 0 aliphatic heterocycles. The van der Waals surface area contributed by atoms with E-state index < -0.39 is 0 Å². The Bertz CT molecular complexity index is 1310. The minimum atomic E-state index is 0.00879. The molecule has 1 heterocycles. The van der Waals surface area contributed by atoms with Crippen LogP contribution in [0.5, 0.6) is 11.5 Å². The van der Waals surface area contributed by atoms with Gasteiger partial charge in [-0.3, -0.25) is 9.36 Å². The summed E-state index contributed by atoms with van der Waals surface area (Å²) in [6.07, 6.45) is 3.98. The fourth-order valence-electron chi connectivity index (χ4n) is 4.06. The lowest BCUT2D eigenvalue weighted by atomic mass is 10.1. The first-order valence-corrected chi connectivity index (χ1v) is 11.9. The molecule has 0 radical (unpaired) electrons. The maximum Gasteiger partial charge on any atom is 0.261 e. The molecule has 4 rings (SSSR count). The van der Waals surface area contributed by atoms with Gasteiger partial charge in [-0.25, -0.2) is 4.98 Å². The van der Waals surface area contributed by atoms with Crippen LogP contribution in [-0.4, -0.2) is 23.3 Å². The largest absolute Gasteiger partial charge is 0.497 e. The molecule has 0 spiro atoms. The Morgan fingerprint density at radius 2 is 1.56 bits per heavy atom. The van der Waals surface area contributed by atoms with E-state index in [9.17, 15) is 4.79 Å². The Balaban J connectivity index is 1.40. The summed E-state index contributed by atoms with van der Waals surface area (Å²) in [7, 11) is 1.64. The Morgan fingerprint density at radius 3 is 2.32 bits per heavy atom. The Morgan fingerprint density at radius 1 is 0.824 bits per heavy atom. The van der Waals surface area contributed by atoms with Gasteiger partial charge in [-0.2, -0.15) is 0 Å². The molecule has 0 atom stereocenters. The molecule has 0 fully saturated rings. The standard InChI is InChI=1S/C29H32N2O3/c1-21-12-15-25(20-22(21)2)34-19-9-5-4-8-18-31-28(23-13-16-24(33-3)17-14-23)30-27-11-7-6-10-26(27)29(31)32/h6-7,10-17,20H,4-5,8-9,18-19H2,1-3H3. The Hall–Kier alpha value is -3.60. The van der Waals surface area contributed by atoms with Crippen molar-refractivity contribution in [2.75, 3.05) is 13.7 Å². The van der Waals surface area contributed by atoms with Gasteiger partial charge in [0, 0.05) is 12.1 Å². The third-order valence-electron chi connectivity index (χ3n) is 6.23. The molecule has 0 bridgehead atoms. The number of para-hydroxylation sites is 1. The average Bonchev–Trinajstić information content (AvgIpc) is 2.86. The molecule has 5 nitrogen and oxygen atoms in total. The van der Waals surface area contributed by atoms with Gasteiger partial charge in [-0.15, -0.1) is 0 Å². The second-order valence-electron chi connectivity index (χ2n) is 8.65. The van der Waals surface area contributed by atoms with Gasteiger partial charge in [-0.1, -0.05) is 31.0 Å². The SMILES string of the molecule is COc1ccc(-c2nc3ccccc3c(=O)n2CCCCCCOc2ccc(C)c(C)c2)cc1. The van der Waals surface area contributed by atoms with Gasteiger partial charge in [0.05, 0.1) is 24.6 Å². The van der Waals surface area contributed by atoms with Crippen LogP contribution < -0.4 is 15.0 Å². The van der Waals surface area contributed by atoms with Crippen LogP contribution >= 0.6 is 0 Å². The van der Waals surface area contributed by atoms with Crippen LogP contribution in [0.4, 0.5) is 0 Å². The summed E-state index contributed by atoms with van der Waals surface area (Å²) in [5, 5.41) is 0.654. The minimum absolute atomic E-state index is 0.00879. The van der Waals surface area contributed by atoms with Crippen molar-refractivity contribution >= 4 is 10.9 Å². The van der Waals surface area contributed by atoms with Crippen LogP contribution in [0.1, 0.15) is 36.8 Å². The topological polar surface area (TPSA) is 53.3 Å². The van der Waals surface area contributed by atoms with Crippen molar-refractivity contribution < 1.29 is 9.47 Å². The van der Waals surface area contributed by atoms with Gasteiger partial charge in [-0.05, 0) is 86.3 Å². The van der Waals surface area contributed by atoms with E-state index in [1.807, 2.05) is 59.2 Å². The van der Waals surface area contributed by atoms with Crippen LogP contribution in [0.2, 0.25) is 0 Å². The number of fused-ring (bicyclic) bond motifs is 1. The first-order valence-electron chi connectivity index (χ1n) is 11.9. The highest BCUT2D eigenvalue weighted by Crippen LogP contribution is 2.22. The molecule has 5 heteroatoms. The molecule has 0 amide bonds. The summed E-state index contributed by atoms with van der Waals surface area (Å²) in [6, 6.07) is 21.5. The van der Waals surface area contributed by atoms with Crippen LogP contribution in [0.25, 0.3) is 22.3 Å². The summed E-state index contributed by atoms with van der Waals surface area (Å²) in [5.41, 5.74) is 4.16. The zero-order chi connectivity index (χ0) is 23.9. The van der Waals surface area contributed by atoms with E-state index in [1.165, 1.54) is 11.1 Å². The predicted molar refractivity (Wildman–Crippen MR) is 138 cm³/mol. The first-order chi connectivity index (χ1) is 16.6. The number of hydrogen-bond donors (Lipinski definition) is 0. The number of unbranched alkanes of at least 4 members (excludes halogenated alkanes) is 3. The number of hydrogen-bond acceptors (Lipinski definition) is 4. The van der Waals surface area contributed by atoms with Crippen molar-refractivity contribution in [1.29, 1.82) is 0 Å². The number of benzene rings is 3. The maximum atomic E-state index is 13.3. The molecule has 0 saturated carbocycles. The Kier molecular flexibility index (Phi) is 7.63. The maximum absolute atomic E-state index is 13.3.